The van der Waals surface area contributed by atoms with Crippen LogP contribution in [0.5, 0.6) is 0 Å². The van der Waals surface area contributed by atoms with Crippen LogP contribution in [-0.4, -0.2) is 36.4 Å². The van der Waals surface area contributed by atoms with E-state index in [0.29, 0.717) is 5.56 Å². The second-order valence-corrected chi connectivity index (χ2v) is 4.36. The van der Waals surface area contributed by atoms with Gasteiger partial charge in [-0.05, 0) is 25.5 Å². The predicted molar refractivity (Wildman–Crippen MR) is 71.2 cm³/mol. The monoisotopic (exact) mass is 282 g/mol. The van der Waals surface area contributed by atoms with Crippen LogP contribution in [-0.2, 0) is 9.47 Å². The van der Waals surface area contributed by atoms with Crippen molar-refractivity contribution in [2.45, 2.75) is 26.1 Å². The van der Waals surface area contributed by atoms with E-state index in [1.54, 1.807) is 13.8 Å². The van der Waals surface area contributed by atoms with Gasteiger partial charge in [-0.1, -0.05) is 6.07 Å². The Morgan fingerprint density at radius 1 is 1.00 bits per heavy atom. The van der Waals surface area contributed by atoms with Crippen molar-refractivity contribution in [3.63, 3.8) is 0 Å². The molecule has 0 amide bonds. The van der Waals surface area contributed by atoms with E-state index >= 15 is 0 Å². The van der Waals surface area contributed by atoms with Gasteiger partial charge in [0.2, 0.25) is 0 Å². The topological polar surface area (TPSA) is 93.1 Å². The summed E-state index contributed by atoms with van der Waals surface area (Å²) in [5, 5.41) is 18.7. The van der Waals surface area contributed by atoms with Gasteiger partial charge < -0.3 is 19.7 Å². The van der Waals surface area contributed by atoms with Crippen LogP contribution in [0.1, 0.15) is 57.9 Å². The Kier molecular flexibility index (Phi) is 5.24. The van der Waals surface area contributed by atoms with Gasteiger partial charge in [0.05, 0.1) is 23.3 Å². The highest BCUT2D eigenvalue weighted by Crippen LogP contribution is 2.31. The van der Waals surface area contributed by atoms with Crippen LogP contribution in [0.25, 0.3) is 0 Å². The minimum absolute atomic E-state index is 0.0754. The van der Waals surface area contributed by atoms with Gasteiger partial charge >= 0.3 is 11.9 Å². The zero-order valence-corrected chi connectivity index (χ0v) is 11.8. The highest BCUT2D eigenvalue weighted by Gasteiger charge is 2.27. The standard InChI is InChI=1S/C14H18O6/c1-7(19-3)9-5-6-10(13(15)16)11(8(2)20-4)12(9)14(17)18/h5-8H,1-4H3,(H,15,16)(H,17,18). The van der Waals surface area contributed by atoms with Gasteiger partial charge in [-0.3, -0.25) is 0 Å². The minimum Gasteiger partial charge on any atom is -0.478 e. The van der Waals surface area contributed by atoms with Crippen LogP contribution in [0.15, 0.2) is 12.1 Å². The Hall–Kier alpha value is -1.92. The third kappa shape index (κ3) is 2.97. The molecule has 0 aromatic heterocycles. The van der Waals surface area contributed by atoms with Gasteiger partial charge in [-0.15, -0.1) is 0 Å². The van der Waals surface area contributed by atoms with Crippen molar-refractivity contribution < 1.29 is 29.3 Å². The zero-order valence-electron chi connectivity index (χ0n) is 11.8. The Bertz CT molecular complexity index is 523. The summed E-state index contributed by atoms with van der Waals surface area (Å²) in [4.78, 5) is 22.8. The lowest BCUT2D eigenvalue weighted by Crippen LogP contribution is -2.17. The number of carboxylic acid groups (broad SMARTS) is 2. The Labute approximate surface area is 116 Å². The molecule has 2 N–H and O–H groups in total. The van der Waals surface area contributed by atoms with Crippen LogP contribution in [0, 0.1) is 0 Å². The summed E-state index contributed by atoms with van der Waals surface area (Å²) in [7, 11) is 2.86. The average molecular weight is 282 g/mol. The van der Waals surface area contributed by atoms with Crippen molar-refractivity contribution in [1.29, 1.82) is 0 Å². The molecule has 110 valence electrons. The Balaban J connectivity index is 3.70. The third-order valence-electron chi connectivity index (χ3n) is 3.27. The van der Waals surface area contributed by atoms with E-state index in [-0.39, 0.29) is 16.7 Å². The van der Waals surface area contributed by atoms with Gasteiger partial charge in [-0.2, -0.15) is 0 Å². The fourth-order valence-electron chi connectivity index (χ4n) is 2.07. The van der Waals surface area contributed by atoms with Crippen LogP contribution >= 0.6 is 0 Å². The van der Waals surface area contributed by atoms with E-state index < -0.39 is 24.1 Å². The first-order chi connectivity index (χ1) is 9.34. The van der Waals surface area contributed by atoms with Crippen LogP contribution < -0.4 is 0 Å². The molecule has 0 radical (unpaired) electrons. The molecule has 0 bridgehead atoms. The molecule has 2 unspecified atom stereocenters. The molecule has 1 aromatic rings. The zero-order chi connectivity index (χ0) is 15.4. The summed E-state index contributed by atoms with van der Waals surface area (Å²) in [5.74, 6) is -2.39. The number of benzene rings is 1. The smallest absolute Gasteiger partial charge is 0.336 e. The van der Waals surface area contributed by atoms with E-state index in [4.69, 9.17) is 9.47 Å². The molecule has 0 aliphatic carbocycles. The van der Waals surface area contributed by atoms with Crippen molar-refractivity contribution in [1.82, 2.24) is 0 Å². The molecule has 20 heavy (non-hydrogen) atoms. The quantitative estimate of drug-likeness (QED) is 0.832. The number of aromatic carboxylic acids is 2. The lowest BCUT2D eigenvalue weighted by molar-refractivity contribution is 0.0658. The number of hydrogen-bond donors (Lipinski definition) is 2. The molecular weight excluding hydrogens is 264 g/mol. The summed E-state index contributed by atoms with van der Waals surface area (Å²) < 4.78 is 10.3. The van der Waals surface area contributed by atoms with Crippen molar-refractivity contribution in [3.8, 4) is 0 Å². The molecule has 1 aromatic carbocycles. The number of carboxylic acids is 2. The summed E-state index contributed by atoms with van der Waals surface area (Å²) in [6, 6.07) is 2.84. The van der Waals surface area contributed by atoms with Gasteiger partial charge in [0.15, 0.2) is 0 Å². The number of carbonyl (C=O) groups is 2. The summed E-state index contributed by atoms with van der Waals surface area (Å²) in [6.45, 7) is 3.30. The Morgan fingerprint density at radius 3 is 1.95 bits per heavy atom. The van der Waals surface area contributed by atoms with Crippen molar-refractivity contribution in [2.75, 3.05) is 14.2 Å². The SMILES string of the molecule is COC(C)c1ccc(C(=O)O)c(C(C)OC)c1C(=O)O. The van der Waals surface area contributed by atoms with E-state index in [1.807, 2.05) is 0 Å². The maximum Gasteiger partial charge on any atom is 0.336 e. The molecule has 2 atom stereocenters. The number of ether oxygens (including phenoxy) is 2. The van der Waals surface area contributed by atoms with Crippen LogP contribution in [0.3, 0.4) is 0 Å². The molecule has 6 heteroatoms. The van der Waals surface area contributed by atoms with Crippen molar-refractivity contribution >= 4 is 11.9 Å². The third-order valence-corrected chi connectivity index (χ3v) is 3.27. The predicted octanol–water partition coefficient (Wildman–Crippen LogP) is 2.50. The number of hydrogen-bond acceptors (Lipinski definition) is 4. The van der Waals surface area contributed by atoms with Gasteiger partial charge in [0.25, 0.3) is 0 Å². The fraction of sp³-hybridized carbons (Fsp3) is 0.429. The Morgan fingerprint density at radius 2 is 1.55 bits per heavy atom. The molecule has 6 nitrogen and oxygen atoms in total. The summed E-state index contributed by atoms with van der Waals surface area (Å²) in [5.41, 5.74) is 0.412. The number of methoxy groups -OCH3 is 2. The molecule has 0 aliphatic rings. The first-order valence-corrected chi connectivity index (χ1v) is 6.04. The fourth-order valence-corrected chi connectivity index (χ4v) is 2.07. The average Bonchev–Trinajstić information content (AvgIpc) is 2.43. The van der Waals surface area contributed by atoms with Crippen LogP contribution in [0.2, 0.25) is 0 Å². The lowest BCUT2D eigenvalue weighted by Gasteiger charge is -2.21. The molecule has 0 heterocycles. The molecule has 0 spiro atoms. The molecule has 1 rings (SSSR count). The van der Waals surface area contributed by atoms with Crippen molar-refractivity contribution in [2.24, 2.45) is 0 Å². The minimum atomic E-state index is -1.20. The van der Waals surface area contributed by atoms with Gasteiger partial charge in [-0.25, -0.2) is 9.59 Å². The first kappa shape index (κ1) is 16.1. The second-order valence-electron chi connectivity index (χ2n) is 4.36. The normalized spacial score (nSPS) is 13.8. The maximum absolute atomic E-state index is 11.6. The molecule has 0 saturated carbocycles. The van der Waals surface area contributed by atoms with E-state index in [0.717, 1.165) is 0 Å². The van der Waals surface area contributed by atoms with Gasteiger partial charge in [0, 0.05) is 19.8 Å². The van der Waals surface area contributed by atoms with Crippen molar-refractivity contribution in [3.05, 3.63) is 34.4 Å². The molecule has 0 saturated heterocycles. The van der Waals surface area contributed by atoms with Crippen LogP contribution in [0.4, 0.5) is 0 Å². The van der Waals surface area contributed by atoms with E-state index in [2.05, 4.69) is 0 Å². The van der Waals surface area contributed by atoms with Gasteiger partial charge in [0.1, 0.15) is 0 Å². The first-order valence-electron chi connectivity index (χ1n) is 6.04. The lowest BCUT2D eigenvalue weighted by atomic mass is 9.90. The molecule has 0 fully saturated rings. The highest BCUT2D eigenvalue weighted by molar-refractivity contribution is 5.98. The maximum atomic E-state index is 11.6. The highest BCUT2D eigenvalue weighted by atomic mass is 16.5. The summed E-state index contributed by atoms with van der Waals surface area (Å²) >= 11 is 0. The largest absolute Gasteiger partial charge is 0.478 e. The van der Waals surface area contributed by atoms with E-state index in [9.17, 15) is 19.8 Å². The number of rotatable bonds is 6. The second kappa shape index (κ2) is 6.49. The molecule has 0 aliphatic heterocycles. The molecular formula is C14H18O6. The van der Waals surface area contributed by atoms with E-state index in [1.165, 1.54) is 26.4 Å². The summed E-state index contributed by atoms with van der Waals surface area (Å²) in [6.07, 6.45) is -1.12.